The van der Waals surface area contributed by atoms with E-state index in [4.69, 9.17) is 9.73 Å². The molecule has 8 heteroatoms. The van der Waals surface area contributed by atoms with Crippen molar-refractivity contribution in [1.82, 2.24) is 20.4 Å². The van der Waals surface area contributed by atoms with E-state index in [0.717, 1.165) is 37.1 Å². The van der Waals surface area contributed by atoms with Crippen LogP contribution in [0.25, 0.3) is 0 Å². The van der Waals surface area contributed by atoms with Gasteiger partial charge in [0.25, 0.3) is 5.91 Å². The van der Waals surface area contributed by atoms with Gasteiger partial charge in [-0.3, -0.25) is 4.79 Å². The Morgan fingerprint density at radius 2 is 1.91 bits per heavy atom. The minimum absolute atomic E-state index is 0. The molecule has 1 unspecified atom stereocenters. The number of rotatable bonds is 9. The highest BCUT2D eigenvalue weighted by Crippen LogP contribution is 2.20. The van der Waals surface area contributed by atoms with E-state index in [2.05, 4.69) is 33.4 Å². The zero-order valence-corrected chi connectivity index (χ0v) is 22.0. The van der Waals surface area contributed by atoms with Crippen molar-refractivity contribution in [1.29, 1.82) is 0 Å². The van der Waals surface area contributed by atoms with E-state index in [-0.39, 0.29) is 36.5 Å². The van der Waals surface area contributed by atoms with Crippen molar-refractivity contribution >= 4 is 35.8 Å². The van der Waals surface area contributed by atoms with Crippen molar-refractivity contribution in [3.05, 3.63) is 29.8 Å². The third-order valence-electron chi connectivity index (χ3n) is 5.94. The molecule has 32 heavy (non-hydrogen) atoms. The van der Waals surface area contributed by atoms with Crippen molar-refractivity contribution in [2.75, 3.05) is 52.4 Å². The Morgan fingerprint density at radius 1 is 1.12 bits per heavy atom. The van der Waals surface area contributed by atoms with Gasteiger partial charge in [-0.1, -0.05) is 18.6 Å². The van der Waals surface area contributed by atoms with Crippen LogP contribution in [0.4, 0.5) is 0 Å². The van der Waals surface area contributed by atoms with Gasteiger partial charge in [-0.15, -0.1) is 24.0 Å². The molecule has 180 valence electrons. The number of carbonyl (C=O) groups excluding carboxylic acids is 1. The average molecular weight is 558 g/mol. The van der Waals surface area contributed by atoms with Gasteiger partial charge in [0.15, 0.2) is 12.6 Å². The number of nitrogens with zero attached hydrogens (tertiary/aromatic N) is 3. The maximum Gasteiger partial charge on any atom is 0.257 e. The van der Waals surface area contributed by atoms with E-state index >= 15 is 0 Å². The van der Waals surface area contributed by atoms with E-state index in [1.807, 2.05) is 25.1 Å². The number of ether oxygens (including phenoxy) is 1. The van der Waals surface area contributed by atoms with Gasteiger partial charge in [0, 0.05) is 32.7 Å². The fourth-order valence-electron chi connectivity index (χ4n) is 4.40. The van der Waals surface area contributed by atoms with Gasteiger partial charge in [-0.2, -0.15) is 0 Å². The van der Waals surface area contributed by atoms with E-state index < -0.39 is 0 Å². The molecule has 0 aliphatic carbocycles. The molecule has 3 rings (SSSR count). The maximum atomic E-state index is 11.6. The van der Waals surface area contributed by atoms with Crippen LogP contribution in [0.5, 0.6) is 5.75 Å². The second kappa shape index (κ2) is 14.6. The van der Waals surface area contributed by atoms with Gasteiger partial charge in [-0.05, 0) is 69.8 Å². The van der Waals surface area contributed by atoms with Crippen LogP contribution in [0.2, 0.25) is 0 Å². The normalized spacial score (nSPS) is 19.4. The molecule has 1 aromatic rings. The first-order chi connectivity index (χ1) is 15.2. The lowest BCUT2D eigenvalue weighted by Crippen LogP contribution is -2.41. The number of amides is 1. The molecule has 2 aliphatic heterocycles. The SMILES string of the molecule is CCNC(=O)COc1cccc(CN=C(NCC)N2CCC(CN3CCCCC3)C2)c1.I. The smallest absolute Gasteiger partial charge is 0.257 e. The summed E-state index contributed by atoms with van der Waals surface area (Å²) in [6.45, 7) is 12.0. The van der Waals surface area contributed by atoms with E-state index in [0.29, 0.717) is 18.8 Å². The maximum absolute atomic E-state index is 11.6. The number of aliphatic imine (C=N–C) groups is 1. The van der Waals surface area contributed by atoms with Crippen LogP contribution in [0.1, 0.15) is 45.1 Å². The quantitative estimate of drug-likeness (QED) is 0.278. The molecule has 0 radical (unpaired) electrons. The van der Waals surface area contributed by atoms with Crippen LogP contribution in [0.3, 0.4) is 0 Å². The minimum atomic E-state index is -0.103. The Hall–Kier alpha value is -1.55. The number of likely N-dealkylation sites (tertiary alicyclic amines) is 2. The minimum Gasteiger partial charge on any atom is -0.484 e. The predicted molar refractivity (Wildman–Crippen MR) is 141 cm³/mol. The number of nitrogens with one attached hydrogen (secondary N) is 2. The van der Waals surface area contributed by atoms with Crippen LogP contribution in [-0.4, -0.2) is 74.1 Å². The van der Waals surface area contributed by atoms with Gasteiger partial charge in [0.1, 0.15) is 5.75 Å². The first-order valence-electron chi connectivity index (χ1n) is 11.9. The molecule has 7 nitrogen and oxygen atoms in total. The number of guanidine groups is 1. The van der Waals surface area contributed by atoms with Crippen molar-refractivity contribution in [2.24, 2.45) is 10.9 Å². The summed E-state index contributed by atoms with van der Waals surface area (Å²) in [5, 5.41) is 6.21. The number of benzene rings is 1. The number of piperidine rings is 1. The zero-order chi connectivity index (χ0) is 21.9. The largest absolute Gasteiger partial charge is 0.484 e. The molecule has 0 bridgehead atoms. The lowest BCUT2D eigenvalue weighted by atomic mass is 10.1. The number of hydrogen-bond donors (Lipinski definition) is 2. The third-order valence-corrected chi connectivity index (χ3v) is 5.94. The fraction of sp³-hybridized carbons (Fsp3) is 0.667. The highest BCUT2D eigenvalue weighted by molar-refractivity contribution is 14.0. The first-order valence-corrected chi connectivity index (χ1v) is 11.9. The molecular formula is C24H40IN5O2. The van der Waals surface area contributed by atoms with E-state index in [1.54, 1.807) is 0 Å². The summed E-state index contributed by atoms with van der Waals surface area (Å²) >= 11 is 0. The molecule has 0 aromatic heterocycles. The van der Waals surface area contributed by atoms with Crippen molar-refractivity contribution in [2.45, 2.75) is 46.1 Å². The average Bonchev–Trinajstić information content (AvgIpc) is 3.25. The van der Waals surface area contributed by atoms with Gasteiger partial charge in [0.2, 0.25) is 0 Å². The predicted octanol–water partition coefficient (Wildman–Crippen LogP) is 3.09. The molecule has 2 aliphatic rings. The van der Waals surface area contributed by atoms with Crippen LogP contribution < -0.4 is 15.4 Å². The van der Waals surface area contributed by atoms with Crippen LogP contribution in [-0.2, 0) is 11.3 Å². The summed E-state index contributed by atoms with van der Waals surface area (Å²) in [4.78, 5) is 21.6. The van der Waals surface area contributed by atoms with Gasteiger partial charge in [0.05, 0.1) is 6.54 Å². The van der Waals surface area contributed by atoms with Crippen LogP contribution in [0, 0.1) is 5.92 Å². The van der Waals surface area contributed by atoms with Gasteiger partial charge >= 0.3 is 0 Å². The summed E-state index contributed by atoms with van der Waals surface area (Å²) < 4.78 is 5.61. The Bertz CT molecular complexity index is 724. The number of likely N-dealkylation sites (N-methyl/N-ethyl adjacent to an activating group) is 1. The number of hydrogen-bond acceptors (Lipinski definition) is 4. The van der Waals surface area contributed by atoms with Crippen LogP contribution in [0.15, 0.2) is 29.3 Å². The molecule has 2 heterocycles. The Kier molecular flexibility index (Phi) is 12.2. The monoisotopic (exact) mass is 557 g/mol. The Labute approximate surface area is 210 Å². The summed E-state index contributed by atoms with van der Waals surface area (Å²) in [6, 6.07) is 7.85. The summed E-state index contributed by atoms with van der Waals surface area (Å²) in [7, 11) is 0. The topological polar surface area (TPSA) is 69.2 Å². The van der Waals surface area contributed by atoms with Crippen LogP contribution >= 0.6 is 24.0 Å². The first kappa shape index (κ1) is 26.7. The lowest BCUT2D eigenvalue weighted by Gasteiger charge is -2.29. The molecule has 2 fully saturated rings. The van der Waals surface area contributed by atoms with E-state index in [9.17, 15) is 4.79 Å². The second-order valence-corrected chi connectivity index (χ2v) is 8.52. The lowest BCUT2D eigenvalue weighted by molar-refractivity contribution is -0.122. The van der Waals surface area contributed by atoms with Crippen molar-refractivity contribution in [3.8, 4) is 5.75 Å². The molecule has 1 aromatic carbocycles. The Morgan fingerprint density at radius 3 is 2.66 bits per heavy atom. The van der Waals surface area contributed by atoms with Gasteiger partial charge in [-0.25, -0.2) is 4.99 Å². The number of carbonyl (C=O) groups is 1. The summed E-state index contributed by atoms with van der Waals surface area (Å²) in [5.41, 5.74) is 1.08. The fourth-order valence-corrected chi connectivity index (χ4v) is 4.40. The van der Waals surface area contributed by atoms with Crippen molar-refractivity contribution < 1.29 is 9.53 Å². The third kappa shape index (κ3) is 8.77. The zero-order valence-electron chi connectivity index (χ0n) is 19.6. The molecule has 0 spiro atoms. The molecular weight excluding hydrogens is 517 g/mol. The summed E-state index contributed by atoms with van der Waals surface area (Å²) in [6.07, 6.45) is 5.34. The van der Waals surface area contributed by atoms with E-state index in [1.165, 1.54) is 45.3 Å². The van der Waals surface area contributed by atoms with Gasteiger partial charge < -0.3 is 25.2 Å². The van der Waals surface area contributed by atoms with Crippen molar-refractivity contribution in [3.63, 3.8) is 0 Å². The summed E-state index contributed by atoms with van der Waals surface area (Å²) in [5.74, 6) is 2.32. The Balaban J connectivity index is 0.00000363. The highest BCUT2D eigenvalue weighted by Gasteiger charge is 2.26. The highest BCUT2D eigenvalue weighted by atomic mass is 127. The standard InChI is InChI=1S/C24H39N5O2.HI/c1-3-25-23(30)19-31-22-10-8-9-20(15-22)16-27-24(26-4-2)29-14-11-21(18-29)17-28-12-6-5-7-13-28;/h8-10,15,21H,3-7,11-14,16-19H2,1-2H3,(H,25,30)(H,26,27);1H. The second-order valence-electron chi connectivity index (χ2n) is 8.52. The molecule has 1 amide bonds. The molecule has 2 saturated heterocycles. The molecule has 2 N–H and O–H groups in total. The molecule has 0 saturated carbocycles. The number of halogens is 1. The molecule has 1 atom stereocenters.